The highest BCUT2D eigenvalue weighted by Crippen LogP contribution is 2.34. The second kappa shape index (κ2) is 38.9. The van der Waals surface area contributed by atoms with E-state index in [1.165, 1.54) is 31.2 Å². The number of unbranched alkanes of at least 4 members (excludes halogenated alkanes) is 2. The Morgan fingerprint density at radius 3 is 1.95 bits per heavy atom. The number of aliphatic hydroxyl groups excluding tert-OH is 1. The number of anilines is 1. The van der Waals surface area contributed by atoms with Gasteiger partial charge in [-0.1, -0.05) is 125 Å². The molecule has 94 heavy (non-hydrogen) atoms. The first-order chi connectivity index (χ1) is 44.5. The fraction of sp³-hybridized carbons (Fsp3) is 0.648. The fourth-order valence-electron chi connectivity index (χ4n) is 13.0. The van der Waals surface area contributed by atoms with Gasteiger partial charge in [-0.3, -0.25) is 48.1 Å². The molecule has 23 nitrogen and oxygen atoms in total. The van der Waals surface area contributed by atoms with Crippen molar-refractivity contribution in [1.82, 2.24) is 30.2 Å². The Bertz CT molecular complexity index is 2870. The van der Waals surface area contributed by atoms with E-state index in [1.807, 2.05) is 85.7 Å². The predicted molar refractivity (Wildman–Crippen MR) is 357 cm³/mol. The van der Waals surface area contributed by atoms with Crippen LogP contribution in [0.3, 0.4) is 0 Å². The standard InChI is InChI=1S/C71H108N8O15/c1-15-46(8)65(58(92-13)41-62(86)78-37-23-27-54(78)67(93-14)48(10)55(80)38-47(9)66(87)50-24-18-16-19-25-50)76(11)69(89)53(43(2)3)40-57(82)64(45(6)7)77(12)71(91)94-42-49-29-31-52(32-30-49)74-68(88)51(26-22-35-73-70(72)90)39-56(81)63(44(4)5)75-59(83)28-20-17-21-36-79-60(84)33-34-61(79)85/h16,18-19,24-25,29-34,43-48,51,53-54,58,63-67,87H,15,17,20-23,26-28,35-42H2,1-14H3,(H,74,88)(H,75,83)(H3,72,73,90)/t46-,47-,48-,51+,53-,54-,58+,63+,64-,65-,66+,67+/m0/s1. The summed E-state index contributed by atoms with van der Waals surface area (Å²) in [6, 6.07) is 12.2. The first-order valence-corrected chi connectivity index (χ1v) is 33.6. The Hall–Kier alpha value is -7.37. The highest BCUT2D eigenvalue weighted by molar-refractivity contribution is 6.12. The summed E-state index contributed by atoms with van der Waals surface area (Å²) in [5.41, 5.74) is 6.94. The van der Waals surface area contributed by atoms with E-state index in [9.17, 15) is 57.8 Å². The zero-order valence-corrected chi connectivity index (χ0v) is 58.1. The predicted octanol–water partition coefficient (Wildman–Crippen LogP) is 8.35. The molecule has 0 spiro atoms. The molecule has 0 bridgehead atoms. The Morgan fingerprint density at radius 2 is 1.37 bits per heavy atom. The number of ether oxygens (including phenoxy) is 3. The van der Waals surface area contributed by atoms with Crippen molar-refractivity contribution in [1.29, 1.82) is 0 Å². The van der Waals surface area contributed by atoms with E-state index in [1.54, 1.807) is 62.1 Å². The summed E-state index contributed by atoms with van der Waals surface area (Å²) in [4.78, 5) is 153. The third kappa shape index (κ3) is 23.2. The van der Waals surface area contributed by atoms with Crippen LogP contribution < -0.4 is 21.7 Å². The lowest BCUT2D eigenvalue weighted by Crippen LogP contribution is -2.54. The first-order valence-electron chi connectivity index (χ1n) is 33.6. The molecule has 0 aliphatic carbocycles. The van der Waals surface area contributed by atoms with E-state index < -0.39 is 72.2 Å². The summed E-state index contributed by atoms with van der Waals surface area (Å²) in [5.74, 6) is -6.50. The van der Waals surface area contributed by atoms with Crippen molar-refractivity contribution in [2.75, 3.05) is 53.3 Å². The molecule has 23 heteroatoms. The molecule has 0 radical (unpaired) electrons. The van der Waals surface area contributed by atoms with E-state index in [0.717, 1.165) is 10.5 Å². The van der Waals surface area contributed by atoms with E-state index in [0.29, 0.717) is 62.7 Å². The van der Waals surface area contributed by atoms with Gasteiger partial charge in [-0.2, -0.15) is 0 Å². The smallest absolute Gasteiger partial charge is 0.410 e. The second-order valence-corrected chi connectivity index (χ2v) is 26.7. The van der Waals surface area contributed by atoms with E-state index in [4.69, 9.17) is 19.9 Å². The Labute approximate surface area is 556 Å². The normalized spacial score (nSPS) is 17.5. The molecule has 1 saturated heterocycles. The lowest BCUT2D eigenvalue weighted by molar-refractivity contribution is -0.149. The number of hydrogen-bond acceptors (Lipinski definition) is 15. The van der Waals surface area contributed by atoms with Gasteiger partial charge in [0.15, 0.2) is 11.6 Å². The molecule has 0 unspecified atom stereocenters. The van der Waals surface area contributed by atoms with E-state index >= 15 is 0 Å². The number of nitrogens with one attached hydrogen (secondary N) is 3. The Morgan fingerprint density at radius 1 is 0.723 bits per heavy atom. The average molecular weight is 1310 g/mol. The van der Waals surface area contributed by atoms with Gasteiger partial charge in [-0.15, -0.1) is 0 Å². The number of methoxy groups -OCH3 is 2. The number of urea groups is 1. The number of likely N-dealkylation sites (tertiary alicyclic amines) is 1. The van der Waals surface area contributed by atoms with Crippen LogP contribution in [-0.4, -0.2) is 174 Å². The molecule has 9 amide bonds. The number of rotatable bonds is 41. The third-order valence-electron chi connectivity index (χ3n) is 18.7. The zero-order chi connectivity index (χ0) is 70.1. The first kappa shape index (κ1) is 79.1. The Balaban J connectivity index is 1.37. The fourth-order valence-corrected chi connectivity index (χ4v) is 13.0. The van der Waals surface area contributed by atoms with Gasteiger partial charge in [0.05, 0.1) is 48.9 Å². The van der Waals surface area contributed by atoms with Crippen LogP contribution in [0.25, 0.3) is 0 Å². The summed E-state index contributed by atoms with van der Waals surface area (Å²) in [7, 11) is 6.24. The van der Waals surface area contributed by atoms with Crippen molar-refractivity contribution in [2.45, 2.75) is 202 Å². The monoisotopic (exact) mass is 1310 g/mol. The number of Topliss-reactive ketones (excluding diaryl/α,β-unsaturated/α-hetero) is 3. The molecule has 6 N–H and O–H groups in total. The Kier molecular flexibility index (Phi) is 32.7. The minimum Gasteiger partial charge on any atom is -0.445 e. The van der Waals surface area contributed by atoms with Gasteiger partial charge in [0.25, 0.3) is 11.8 Å². The molecular formula is C71H108N8O15. The lowest BCUT2D eigenvalue weighted by Gasteiger charge is -2.41. The molecule has 1 fully saturated rings. The van der Waals surface area contributed by atoms with Crippen LogP contribution in [0.1, 0.15) is 170 Å². The SMILES string of the molecule is CC[C@H](C)[C@@H]([C@@H](CC(=O)N1CCC[C@H]1[C@H](OC)[C@@H](C)C(=O)C[C@H](C)[C@@H](O)c1ccccc1)OC)N(C)C(=O)[C@@H](CC(=O)[C@H](C(C)C)N(C)C(=O)OCc1ccc(NC(=O)[C@H](CCCNC(N)=O)CC(=O)[C@H](NC(=O)CCCCCN2C(=O)C=CC2=O)C(C)C)cc1)C(C)C. The van der Waals surface area contributed by atoms with E-state index in [-0.39, 0.29) is 141 Å². The maximum atomic E-state index is 14.9. The molecular weight excluding hydrogens is 1200 g/mol. The topological polar surface area (TPSA) is 311 Å². The minimum atomic E-state index is -0.966. The zero-order valence-electron chi connectivity index (χ0n) is 58.1. The molecule has 2 aliphatic rings. The van der Waals surface area contributed by atoms with Crippen LogP contribution in [0.15, 0.2) is 66.7 Å². The largest absolute Gasteiger partial charge is 0.445 e. The van der Waals surface area contributed by atoms with E-state index in [2.05, 4.69) is 16.0 Å². The number of primary amides is 1. The van der Waals surface area contributed by atoms with Crippen LogP contribution in [-0.2, 0) is 64.0 Å². The maximum absolute atomic E-state index is 14.9. The number of ketones is 3. The molecule has 4 rings (SSSR count). The second-order valence-electron chi connectivity index (χ2n) is 26.7. The van der Waals surface area contributed by atoms with Crippen molar-refractivity contribution in [2.24, 2.45) is 53.1 Å². The summed E-state index contributed by atoms with van der Waals surface area (Å²) in [5, 5.41) is 19.2. The number of carbonyl (C=O) groups excluding carboxylic acids is 11. The van der Waals surface area contributed by atoms with Crippen LogP contribution in [0, 0.1) is 47.3 Å². The summed E-state index contributed by atoms with van der Waals surface area (Å²) >= 11 is 0. The summed E-state index contributed by atoms with van der Waals surface area (Å²) in [6.07, 6.45) is 3.38. The number of hydrogen-bond donors (Lipinski definition) is 5. The minimum absolute atomic E-state index is 0.0541. The third-order valence-corrected chi connectivity index (χ3v) is 18.7. The van der Waals surface area contributed by atoms with Crippen molar-refractivity contribution in [3.63, 3.8) is 0 Å². The van der Waals surface area contributed by atoms with Crippen molar-refractivity contribution in [3.8, 4) is 0 Å². The van der Waals surface area contributed by atoms with Gasteiger partial charge >= 0.3 is 12.1 Å². The van der Waals surface area contributed by atoms with Gasteiger partial charge in [-0.25, -0.2) is 9.59 Å². The molecule has 2 aliphatic heterocycles. The molecule has 12 atom stereocenters. The van der Waals surface area contributed by atoms with Gasteiger partial charge < -0.3 is 55.7 Å². The van der Waals surface area contributed by atoms with Crippen molar-refractivity contribution >= 4 is 70.6 Å². The quantitative estimate of drug-likeness (QED) is 0.0309. The van der Waals surface area contributed by atoms with Gasteiger partial charge in [0.1, 0.15) is 12.4 Å². The van der Waals surface area contributed by atoms with Crippen molar-refractivity contribution < 1.29 is 72.1 Å². The maximum Gasteiger partial charge on any atom is 0.410 e. The number of benzene rings is 2. The highest BCUT2D eigenvalue weighted by Gasteiger charge is 2.44. The molecule has 2 heterocycles. The number of amides is 9. The number of likely N-dealkylation sites (N-methyl/N-ethyl adjacent to an activating group) is 2. The molecule has 2 aromatic rings. The van der Waals surface area contributed by atoms with Crippen molar-refractivity contribution in [3.05, 3.63) is 77.9 Å². The van der Waals surface area contributed by atoms with Crippen LogP contribution in [0.4, 0.5) is 15.3 Å². The van der Waals surface area contributed by atoms with Crippen LogP contribution in [0.2, 0.25) is 0 Å². The number of aliphatic hydroxyl groups is 1. The van der Waals surface area contributed by atoms with Gasteiger partial charge in [-0.05, 0) is 91.4 Å². The van der Waals surface area contributed by atoms with Gasteiger partial charge in [0.2, 0.25) is 23.6 Å². The van der Waals surface area contributed by atoms with Gasteiger partial charge in [0, 0.05) is 109 Å². The molecule has 2 aromatic carbocycles. The van der Waals surface area contributed by atoms with Crippen LogP contribution >= 0.6 is 0 Å². The lowest BCUT2D eigenvalue weighted by atomic mass is 9.83. The van der Waals surface area contributed by atoms with Crippen LogP contribution in [0.5, 0.6) is 0 Å². The number of nitrogens with two attached hydrogens (primary N) is 1. The number of nitrogens with zero attached hydrogens (tertiary/aromatic N) is 4. The number of carbonyl (C=O) groups is 11. The summed E-state index contributed by atoms with van der Waals surface area (Å²) < 4.78 is 17.9. The summed E-state index contributed by atoms with van der Waals surface area (Å²) in [6.45, 7) is 19.3. The molecule has 0 saturated carbocycles. The average Bonchev–Trinajstić information content (AvgIpc) is 1.33. The number of imide groups is 1. The molecule has 522 valence electrons. The highest BCUT2D eigenvalue weighted by atomic mass is 16.6. The molecule has 0 aromatic heterocycles.